The SMILES string of the molecule is Nc1ccnn1[C@@H]1CCSC1. The Labute approximate surface area is 70.0 Å². The Bertz CT molecular complexity index is 240. The van der Waals surface area contributed by atoms with Crippen molar-refractivity contribution >= 4 is 17.6 Å². The number of rotatable bonds is 1. The van der Waals surface area contributed by atoms with Gasteiger partial charge in [0.1, 0.15) is 5.82 Å². The number of hydrogen-bond acceptors (Lipinski definition) is 3. The van der Waals surface area contributed by atoms with Crippen LogP contribution in [0.15, 0.2) is 12.3 Å². The second kappa shape index (κ2) is 2.77. The van der Waals surface area contributed by atoms with Gasteiger partial charge in [-0.1, -0.05) is 0 Å². The molecule has 1 aliphatic heterocycles. The van der Waals surface area contributed by atoms with Gasteiger partial charge in [0.05, 0.1) is 12.2 Å². The van der Waals surface area contributed by atoms with Crippen LogP contribution in [0.25, 0.3) is 0 Å². The third kappa shape index (κ3) is 1.22. The summed E-state index contributed by atoms with van der Waals surface area (Å²) in [5.41, 5.74) is 5.71. The predicted octanol–water partition coefficient (Wildman–Crippen LogP) is 1.14. The molecule has 0 radical (unpaired) electrons. The monoisotopic (exact) mass is 169 g/mol. The molecule has 0 amide bonds. The Morgan fingerprint density at radius 3 is 3.18 bits per heavy atom. The van der Waals surface area contributed by atoms with E-state index in [-0.39, 0.29) is 0 Å². The smallest absolute Gasteiger partial charge is 0.121 e. The lowest BCUT2D eigenvalue weighted by Crippen LogP contribution is -2.11. The van der Waals surface area contributed by atoms with Crippen molar-refractivity contribution in [1.29, 1.82) is 0 Å². The molecule has 2 heterocycles. The minimum atomic E-state index is 0.537. The van der Waals surface area contributed by atoms with Crippen molar-refractivity contribution in [2.75, 3.05) is 17.2 Å². The van der Waals surface area contributed by atoms with Gasteiger partial charge in [0.2, 0.25) is 0 Å². The second-order valence-corrected chi connectivity index (χ2v) is 3.87. The van der Waals surface area contributed by atoms with E-state index in [2.05, 4.69) is 5.10 Å². The Hall–Kier alpha value is -0.640. The zero-order valence-corrected chi connectivity index (χ0v) is 7.05. The first-order valence-electron chi connectivity index (χ1n) is 3.74. The fraction of sp³-hybridized carbons (Fsp3) is 0.571. The van der Waals surface area contributed by atoms with Gasteiger partial charge in [0.25, 0.3) is 0 Å². The van der Waals surface area contributed by atoms with E-state index < -0.39 is 0 Å². The van der Waals surface area contributed by atoms with Gasteiger partial charge in [0, 0.05) is 5.75 Å². The van der Waals surface area contributed by atoms with Gasteiger partial charge in [-0.25, -0.2) is 4.68 Å². The minimum Gasteiger partial charge on any atom is -0.384 e. The summed E-state index contributed by atoms with van der Waals surface area (Å²) in [5, 5.41) is 4.18. The van der Waals surface area contributed by atoms with E-state index >= 15 is 0 Å². The van der Waals surface area contributed by atoms with Crippen molar-refractivity contribution in [2.45, 2.75) is 12.5 Å². The number of nitrogen functional groups attached to an aromatic ring is 1. The lowest BCUT2D eigenvalue weighted by Gasteiger charge is -2.09. The van der Waals surface area contributed by atoms with Crippen LogP contribution in [-0.4, -0.2) is 21.3 Å². The molecule has 1 saturated heterocycles. The van der Waals surface area contributed by atoms with Crippen LogP contribution >= 0.6 is 11.8 Å². The normalized spacial score (nSPS) is 24.2. The maximum atomic E-state index is 5.71. The number of nitrogens with two attached hydrogens (primary N) is 1. The zero-order chi connectivity index (χ0) is 7.68. The molecule has 2 rings (SSSR count). The van der Waals surface area contributed by atoms with Crippen LogP contribution in [-0.2, 0) is 0 Å². The van der Waals surface area contributed by atoms with E-state index in [0.717, 1.165) is 11.6 Å². The highest BCUT2D eigenvalue weighted by molar-refractivity contribution is 7.99. The summed E-state index contributed by atoms with van der Waals surface area (Å²) in [6.45, 7) is 0. The van der Waals surface area contributed by atoms with Crippen LogP contribution in [0.4, 0.5) is 5.82 Å². The van der Waals surface area contributed by atoms with Gasteiger partial charge < -0.3 is 5.73 Å². The molecule has 1 fully saturated rings. The topological polar surface area (TPSA) is 43.8 Å². The Morgan fingerprint density at radius 1 is 1.73 bits per heavy atom. The summed E-state index contributed by atoms with van der Waals surface area (Å²) in [5.74, 6) is 3.19. The van der Waals surface area contributed by atoms with E-state index in [1.807, 2.05) is 22.5 Å². The van der Waals surface area contributed by atoms with E-state index in [0.29, 0.717) is 6.04 Å². The summed E-state index contributed by atoms with van der Waals surface area (Å²) in [7, 11) is 0. The molecule has 0 bridgehead atoms. The molecule has 11 heavy (non-hydrogen) atoms. The van der Waals surface area contributed by atoms with E-state index in [9.17, 15) is 0 Å². The standard InChI is InChI=1S/C7H11N3S/c8-7-1-3-9-10(7)6-2-4-11-5-6/h1,3,6H,2,4-5,8H2/t6-/m1/s1. The quantitative estimate of drug-likeness (QED) is 0.685. The number of nitrogens with zero attached hydrogens (tertiary/aromatic N) is 2. The highest BCUT2D eigenvalue weighted by atomic mass is 32.2. The number of hydrogen-bond donors (Lipinski definition) is 1. The average Bonchev–Trinajstić information content (AvgIpc) is 2.55. The first kappa shape index (κ1) is 7.03. The lowest BCUT2D eigenvalue weighted by atomic mass is 10.3. The van der Waals surface area contributed by atoms with Crippen LogP contribution < -0.4 is 5.73 Å². The van der Waals surface area contributed by atoms with Gasteiger partial charge in [-0.2, -0.15) is 16.9 Å². The molecule has 1 aliphatic rings. The number of thioether (sulfide) groups is 1. The van der Waals surface area contributed by atoms with Crippen molar-refractivity contribution in [1.82, 2.24) is 9.78 Å². The third-order valence-corrected chi connectivity index (χ3v) is 3.10. The molecule has 60 valence electrons. The first-order chi connectivity index (χ1) is 5.38. The molecule has 0 aromatic carbocycles. The largest absolute Gasteiger partial charge is 0.384 e. The summed E-state index contributed by atoms with van der Waals surface area (Å²) < 4.78 is 1.93. The Balaban J connectivity index is 2.21. The lowest BCUT2D eigenvalue weighted by molar-refractivity contribution is 0.509. The van der Waals surface area contributed by atoms with Gasteiger partial charge in [-0.15, -0.1) is 0 Å². The highest BCUT2D eigenvalue weighted by Crippen LogP contribution is 2.28. The minimum absolute atomic E-state index is 0.537. The summed E-state index contributed by atoms with van der Waals surface area (Å²) in [6, 6.07) is 2.39. The highest BCUT2D eigenvalue weighted by Gasteiger charge is 2.18. The van der Waals surface area contributed by atoms with Crippen molar-refractivity contribution in [3.8, 4) is 0 Å². The fourth-order valence-electron chi connectivity index (χ4n) is 1.34. The average molecular weight is 169 g/mol. The van der Waals surface area contributed by atoms with Crippen LogP contribution in [0.2, 0.25) is 0 Å². The van der Waals surface area contributed by atoms with E-state index in [1.165, 1.54) is 12.2 Å². The fourth-order valence-corrected chi connectivity index (χ4v) is 2.53. The van der Waals surface area contributed by atoms with E-state index in [4.69, 9.17) is 5.73 Å². The maximum absolute atomic E-state index is 5.71. The van der Waals surface area contributed by atoms with Gasteiger partial charge in [0.15, 0.2) is 0 Å². The number of aromatic nitrogens is 2. The zero-order valence-electron chi connectivity index (χ0n) is 6.23. The molecule has 0 saturated carbocycles. The molecule has 4 heteroatoms. The molecule has 1 aromatic rings. The molecular formula is C7H11N3S. The van der Waals surface area contributed by atoms with Crippen molar-refractivity contribution in [3.05, 3.63) is 12.3 Å². The Kier molecular flexibility index (Phi) is 1.77. The molecular weight excluding hydrogens is 158 g/mol. The predicted molar refractivity (Wildman–Crippen MR) is 47.6 cm³/mol. The molecule has 2 N–H and O–H groups in total. The van der Waals surface area contributed by atoms with Gasteiger partial charge >= 0.3 is 0 Å². The van der Waals surface area contributed by atoms with Gasteiger partial charge in [-0.3, -0.25) is 0 Å². The molecule has 1 atom stereocenters. The van der Waals surface area contributed by atoms with Crippen molar-refractivity contribution in [3.63, 3.8) is 0 Å². The summed E-state index contributed by atoms with van der Waals surface area (Å²) in [4.78, 5) is 0. The molecule has 3 nitrogen and oxygen atoms in total. The van der Waals surface area contributed by atoms with Crippen molar-refractivity contribution in [2.24, 2.45) is 0 Å². The van der Waals surface area contributed by atoms with Crippen LogP contribution in [0.5, 0.6) is 0 Å². The maximum Gasteiger partial charge on any atom is 0.121 e. The van der Waals surface area contributed by atoms with Crippen molar-refractivity contribution < 1.29 is 0 Å². The summed E-state index contributed by atoms with van der Waals surface area (Å²) in [6.07, 6.45) is 2.97. The summed E-state index contributed by atoms with van der Waals surface area (Å²) >= 11 is 1.97. The van der Waals surface area contributed by atoms with E-state index in [1.54, 1.807) is 6.20 Å². The molecule has 1 aromatic heterocycles. The molecule has 0 unspecified atom stereocenters. The Morgan fingerprint density at radius 2 is 2.64 bits per heavy atom. The van der Waals surface area contributed by atoms with Crippen LogP contribution in [0, 0.1) is 0 Å². The number of anilines is 1. The van der Waals surface area contributed by atoms with Gasteiger partial charge in [-0.05, 0) is 18.2 Å². The second-order valence-electron chi connectivity index (χ2n) is 2.72. The first-order valence-corrected chi connectivity index (χ1v) is 4.90. The van der Waals surface area contributed by atoms with Crippen LogP contribution in [0.1, 0.15) is 12.5 Å². The third-order valence-electron chi connectivity index (χ3n) is 1.95. The molecule has 0 aliphatic carbocycles. The van der Waals surface area contributed by atoms with Crippen LogP contribution in [0.3, 0.4) is 0 Å². The molecule has 0 spiro atoms.